The van der Waals surface area contributed by atoms with E-state index in [4.69, 9.17) is 4.42 Å². The van der Waals surface area contributed by atoms with Crippen LogP contribution in [-0.4, -0.2) is 10.2 Å². The van der Waals surface area contributed by atoms with Gasteiger partial charge in [0.15, 0.2) is 10.8 Å². The predicted molar refractivity (Wildman–Crippen MR) is 63.0 cm³/mol. The standard InChI is InChI=1S/C12H8N2OS/c1-2-5-9(6-3-1)11-13-14-12(16-11)10-7-4-8-15-10/h1-8H. The van der Waals surface area contributed by atoms with E-state index >= 15 is 0 Å². The average Bonchev–Trinajstić information content (AvgIpc) is 3.01. The fourth-order valence-electron chi connectivity index (χ4n) is 1.42. The molecule has 16 heavy (non-hydrogen) atoms. The van der Waals surface area contributed by atoms with E-state index in [9.17, 15) is 0 Å². The van der Waals surface area contributed by atoms with Crippen LogP contribution in [0.2, 0.25) is 0 Å². The number of hydrogen-bond acceptors (Lipinski definition) is 4. The molecule has 0 unspecified atom stereocenters. The van der Waals surface area contributed by atoms with Gasteiger partial charge in [0.1, 0.15) is 5.01 Å². The van der Waals surface area contributed by atoms with Crippen molar-refractivity contribution in [2.75, 3.05) is 0 Å². The minimum Gasteiger partial charge on any atom is -0.462 e. The highest BCUT2D eigenvalue weighted by Gasteiger charge is 2.09. The van der Waals surface area contributed by atoms with Gasteiger partial charge in [-0.15, -0.1) is 10.2 Å². The molecule has 3 rings (SSSR count). The van der Waals surface area contributed by atoms with E-state index in [-0.39, 0.29) is 0 Å². The molecule has 0 amide bonds. The van der Waals surface area contributed by atoms with Crippen LogP contribution in [0.5, 0.6) is 0 Å². The Hall–Kier alpha value is -1.94. The number of benzene rings is 1. The third-order valence-corrected chi connectivity index (χ3v) is 3.16. The van der Waals surface area contributed by atoms with E-state index < -0.39 is 0 Å². The highest BCUT2D eigenvalue weighted by atomic mass is 32.1. The molecule has 0 radical (unpaired) electrons. The van der Waals surface area contributed by atoms with Crippen molar-refractivity contribution in [2.45, 2.75) is 0 Å². The van der Waals surface area contributed by atoms with Gasteiger partial charge in [-0.2, -0.15) is 0 Å². The predicted octanol–water partition coefficient (Wildman–Crippen LogP) is 3.47. The van der Waals surface area contributed by atoms with Gasteiger partial charge in [0.2, 0.25) is 0 Å². The first-order chi connectivity index (χ1) is 7.93. The summed E-state index contributed by atoms with van der Waals surface area (Å²) in [6.07, 6.45) is 1.64. The maximum atomic E-state index is 5.28. The molecule has 3 aromatic rings. The number of rotatable bonds is 2. The maximum Gasteiger partial charge on any atom is 0.183 e. The van der Waals surface area contributed by atoms with E-state index in [0.717, 1.165) is 21.3 Å². The Bertz CT molecular complexity index is 572. The normalized spacial score (nSPS) is 10.5. The molecule has 0 saturated carbocycles. The van der Waals surface area contributed by atoms with Crippen LogP contribution in [0.1, 0.15) is 0 Å². The molecule has 4 heteroatoms. The summed E-state index contributed by atoms with van der Waals surface area (Å²) in [5, 5.41) is 9.98. The molecule has 1 aromatic carbocycles. The molecule has 0 spiro atoms. The molecule has 0 aliphatic rings. The zero-order chi connectivity index (χ0) is 10.8. The summed E-state index contributed by atoms with van der Waals surface area (Å²) < 4.78 is 5.28. The van der Waals surface area contributed by atoms with Crippen LogP contribution in [0.4, 0.5) is 0 Å². The van der Waals surface area contributed by atoms with Gasteiger partial charge >= 0.3 is 0 Å². The smallest absolute Gasteiger partial charge is 0.183 e. The van der Waals surface area contributed by atoms with Crippen molar-refractivity contribution in [1.29, 1.82) is 0 Å². The second-order valence-corrected chi connectivity index (χ2v) is 4.23. The van der Waals surface area contributed by atoms with Gasteiger partial charge in [0, 0.05) is 5.56 Å². The van der Waals surface area contributed by atoms with Gasteiger partial charge in [-0.3, -0.25) is 0 Å². The molecule has 0 fully saturated rings. The fourth-order valence-corrected chi connectivity index (χ4v) is 2.24. The molecule has 0 aliphatic carbocycles. The lowest BCUT2D eigenvalue weighted by atomic mass is 10.2. The zero-order valence-electron chi connectivity index (χ0n) is 8.33. The highest BCUT2D eigenvalue weighted by molar-refractivity contribution is 7.17. The first-order valence-corrected chi connectivity index (χ1v) is 5.68. The highest BCUT2D eigenvalue weighted by Crippen LogP contribution is 2.29. The first kappa shape index (κ1) is 9.30. The second kappa shape index (κ2) is 3.90. The molecule has 0 saturated heterocycles. The number of hydrogen-bond donors (Lipinski definition) is 0. The Morgan fingerprint density at radius 3 is 2.44 bits per heavy atom. The van der Waals surface area contributed by atoms with Gasteiger partial charge in [-0.05, 0) is 12.1 Å². The van der Waals surface area contributed by atoms with Crippen LogP contribution in [0.15, 0.2) is 53.1 Å². The SMILES string of the molecule is c1ccc(-c2nnc(-c3ccco3)s2)cc1. The molecular weight excluding hydrogens is 220 g/mol. The summed E-state index contributed by atoms with van der Waals surface area (Å²) in [4.78, 5) is 0. The summed E-state index contributed by atoms with van der Waals surface area (Å²) in [7, 11) is 0. The van der Waals surface area contributed by atoms with Crippen molar-refractivity contribution >= 4 is 11.3 Å². The monoisotopic (exact) mass is 228 g/mol. The van der Waals surface area contributed by atoms with Crippen molar-refractivity contribution in [3.8, 4) is 21.3 Å². The Labute approximate surface area is 96.4 Å². The second-order valence-electron chi connectivity index (χ2n) is 3.26. The number of furan rings is 1. The van der Waals surface area contributed by atoms with Crippen molar-refractivity contribution in [3.05, 3.63) is 48.7 Å². The minimum atomic E-state index is 0.764. The van der Waals surface area contributed by atoms with E-state index in [2.05, 4.69) is 10.2 Å². The third kappa shape index (κ3) is 1.63. The minimum absolute atomic E-state index is 0.764. The lowest BCUT2D eigenvalue weighted by Gasteiger charge is -1.91. The Kier molecular flexibility index (Phi) is 2.27. The molecule has 0 bridgehead atoms. The van der Waals surface area contributed by atoms with E-state index in [1.165, 1.54) is 11.3 Å². The van der Waals surface area contributed by atoms with Crippen LogP contribution >= 0.6 is 11.3 Å². The summed E-state index contributed by atoms with van der Waals surface area (Å²) in [6, 6.07) is 13.7. The largest absolute Gasteiger partial charge is 0.462 e. The molecular formula is C12H8N2OS. The number of aromatic nitrogens is 2. The molecule has 2 heterocycles. The van der Waals surface area contributed by atoms with E-state index in [1.807, 2.05) is 42.5 Å². The average molecular weight is 228 g/mol. The van der Waals surface area contributed by atoms with Gasteiger partial charge in [-0.1, -0.05) is 41.7 Å². The third-order valence-electron chi connectivity index (χ3n) is 2.18. The van der Waals surface area contributed by atoms with Gasteiger partial charge in [0.25, 0.3) is 0 Å². The lowest BCUT2D eigenvalue weighted by Crippen LogP contribution is -1.75. The molecule has 3 nitrogen and oxygen atoms in total. The summed E-state index contributed by atoms with van der Waals surface area (Å²) in [5.74, 6) is 0.764. The summed E-state index contributed by atoms with van der Waals surface area (Å²) in [5.41, 5.74) is 1.08. The van der Waals surface area contributed by atoms with Crippen LogP contribution in [0, 0.1) is 0 Å². The molecule has 0 N–H and O–H groups in total. The fraction of sp³-hybridized carbons (Fsp3) is 0. The van der Waals surface area contributed by atoms with Gasteiger partial charge in [-0.25, -0.2) is 0 Å². The lowest BCUT2D eigenvalue weighted by molar-refractivity contribution is 0.581. The molecule has 0 aliphatic heterocycles. The van der Waals surface area contributed by atoms with Crippen molar-refractivity contribution < 1.29 is 4.42 Å². The zero-order valence-corrected chi connectivity index (χ0v) is 9.15. The number of nitrogens with zero attached hydrogens (tertiary/aromatic N) is 2. The van der Waals surface area contributed by atoms with Gasteiger partial charge < -0.3 is 4.42 Å². The van der Waals surface area contributed by atoms with Gasteiger partial charge in [0.05, 0.1) is 6.26 Å². The van der Waals surface area contributed by atoms with Crippen molar-refractivity contribution in [3.63, 3.8) is 0 Å². The van der Waals surface area contributed by atoms with Crippen LogP contribution < -0.4 is 0 Å². The molecule has 78 valence electrons. The molecule has 0 atom stereocenters. The first-order valence-electron chi connectivity index (χ1n) is 4.86. The Balaban J connectivity index is 2.00. The summed E-state index contributed by atoms with van der Waals surface area (Å²) >= 11 is 1.53. The van der Waals surface area contributed by atoms with E-state index in [0.29, 0.717) is 0 Å². The summed E-state index contributed by atoms with van der Waals surface area (Å²) in [6.45, 7) is 0. The van der Waals surface area contributed by atoms with Crippen LogP contribution in [-0.2, 0) is 0 Å². The Morgan fingerprint density at radius 2 is 1.69 bits per heavy atom. The quantitative estimate of drug-likeness (QED) is 0.674. The van der Waals surface area contributed by atoms with Crippen molar-refractivity contribution in [1.82, 2.24) is 10.2 Å². The van der Waals surface area contributed by atoms with E-state index in [1.54, 1.807) is 6.26 Å². The van der Waals surface area contributed by atoms with Crippen LogP contribution in [0.25, 0.3) is 21.3 Å². The topological polar surface area (TPSA) is 38.9 Å². The molecule has 2 aromatic heterocycles. The maximum absolute atomic E-state index is 5.28. The Morgan fingerprint density at radius 1 is 0.875 bits per heavy atom. The van der Waals surface area contributed by atoms with Crippen LogP contribution in [0.3, 0.4) is 0 Å². The van der Waals surface area contributed by atoms with Crippen molar-refractivity contribution in [2.24, 2.45) is 0 Å².